The van der Waals surface area contributed by atoms with Crippen molar-refractivity contribution in [3.05, 3.63) is 52.3 Å². The van der Waals surface area contributed by atoms with Crippen LogP contribution in [0.1, 0.15) is 22.3 Å². The number of hydrogen-bond acceptors (Lipinski definition) is 4. The Morgan fingerprint density at radius 1 is 1.21 bits per heavy atom. The molecule has 1 aromatic carbocycles. The number of halogens is 1. The molecule has 0 unspecified atom stereocenters. The number of aryl methyl sites for hydroxylation is 1. The summed E-state index contributed by atoms with van der Waals surface area (Å²) < 4.78 is 1.04. The van der Waals surface area contributed by atoms with Crippen molar-refractivity contribution >= 4 is 33.2 Å². The number of nitrogens with zero attached hydrogens (tertiary/aromatic N) is 2. The number of amides is 1. The van der Waals surface area contributed by atoms with Gasteiger partial charge in [0.2, 0.25) is 0 Å². The minimum atomic E-state index is -0.102. The molecule has 0 atom stereocenters. The Morgan fingerprint density at radius 2 is 2.00 bits per heavy atom. The molecule has 5 nitrogen and oxygen atoms in total. The van der Waals surface area contributed by atoms with Crippen molar-refractivity contribution in [3.8, 4) is 0 Å². The highest BCUT2D eigenvalue weighted by Gasteiger charge is 2.07. The quantitative estimate of drug-likeness (QED) is 0.709. The number of carbonyl (C=O) groups is 1. The van der Waals surface area contributed by atoms with E-state index in [2.05, 4.69) is 36.4 Å². The second-order valence-corrected chi connectivity index (χ2v) is 6.82. The molecule has 6 heteroatoms. The molecule has 24 heavy (non-hydrogen) atoms. The highest BCUT2D eigenvalue weighted by molar-refractivity contribution is 9.10. The largest absolute Gasteiger partial charge is 0.354 e. The summed E-state index contributed by atoms with van der Waals surface area (Å²) in [6, 6.07) is 7.83. The van der Waals surface area contributed by atoms with Crippen LogP contribution in [0.25, 0.3) is 0 Å². The van der Waals surface area contributed by atoms with Crippen molar-refractivity contribution in [2.24, 2.45) is 0 Å². The Hall–Kier alpha value is -1.92. The van der Waals surface area contributed by atoms with E-state index >= 15 is 0 Å². The minimum absolute atomic E-state index is 0.102. The van der Waals surface area contributed by atoms with Gasteiger partial charge in [0.1, 0.15) is 0 Å². The lowest BCUT2D eigenvalue weighted by Crippen LogP contribution is -2.27. The van der Waals surface area contributed by atoms with E-state index in [4.69, 9.17) is 0 Å². The number of pyridine rings is 1. The molecule has 0 saturated carbocycles. The highest BCUT2D eigenvalue weighted by atomic mass is 79.9. The summed E-state index contributed by atoms with van der Waals surface area (Å²) in [7, 11) is 4.04. The van der Waals surface area contributed by atoms with Crippen LogP contribution in [0.15, 0.2) is 41.1 Å². The summed E-state index contributed by atoms with van der Waals surface area (Å²) in [6.07, 6.45) is 4.20. The van der Waals surface area contributed by atoms with E-state index in [9.17, 15) is 4.79 Å². The van der Waals surface area contributed by atoms with Gasteiger partial charge in [0.05, 0.1) is 17.4 Å². The number of carbonyl (C=O) groups excluding carboxylic acids is 1. The Balaban J connectivity index is 1.97. The molecule has 0 saturated heterocycles. The summed E-state index contributed by atoms with van der Waals surface area (Å²) >= 11 is 3.52. The molecule has 1 heterocycles. The second kappa shape index (κ2) is 8.80. The average molecular weight is 391 g/mol. The van der Waals surface area contributed by atoms with Crippen LogP contribution in [0, 0.1) is 6.92 Å². The Kier molecular flexibility index (Phi) is 6.75. The van der Waals surface area contributed by atoms with Crippen LogP contribution in [-0.4, -0.2) is 43.0 Å². The van der Waals surface area contributed by atoms with E-state index < -0.39 is 0 Å². The third-order valence-corrected chi connectivity index (χ3v) is 4.38. The Morgan fingerprint density at radius 3 is 2.71 bits per heavy atom. The number of benzene rings is 1. The maximum atomic E-state index is 12.2. The Labute approximate surface area is 151 Å². The van der Waals surface area contributed by atoms with Crippen molar-refractivity contribution in [2.45, 2.75) is 13.3 Å². The molecule has 2 rings (SSSR count). The molecule has 1 amide bonds. The van der Waals surface area contributed by atoms with Gasteiger partial charge in [0.25, 0.3) is 5.91 Å². The predicted molar refractivity (Wildman–Crippen MR) is 102 cm³/mol. The third kappa shape index (κ3) is 5.62. The van der Waals surface area contributed by atoms with Crippen LogP contribution >= 0.6 is 15.9 Å². The third-order valence-electron chi connectivity index (χ3n) is 3.53. The number of aromatic nitrogens is 1. The number of nitrogens with one attached hydrogen (secondary N) is 2. The SMILES string of the molecule is Cc1ccc(Nc2cncc(C(=O)NCCCN(C)C)c2)cc1Br. The fourth-order valence-corrected chi connectivity index (χ4v) is 2.55. The zero-order valence-electron chi connectivity index (χ0n) is 14.3. The zero-order chi connectivity index (χ0) is 17.5. The summed E-state index contributed by atoms with van der Waals surface area (Å²) in [5.41, 5.74) is 3.45. The molecule has 0 fully saturated rings. The molecule has 2 N–H and O–H groups in total. The van der Waals surface area contributed by atoms with Crippen molar-refractivity contribution in [3.63, 3.8) is 0 Å². The minimum Gasteiger partial charge on any atom is -0.354 e. The number of anilines is 2. The first kappa shape index (κ1) is 18.4. The molecule has 0 aliphatic heterocycles. The first-order valence-corrected chi connectivity index (χ1v) is 8.66. The van der Waals surface area contributed by atoms with Crippen LogP contribution in [0.2, 0.25) is 0 Å². The molecule has 1 aromatic heterocycles. The monoisotopic (exact) mass is 390 g/mol. The van der Waals surface area contributed by atoms with E-state index in [-0.39, 0.29) is 5.91 Å². The molecule has 0 bridgehead atoms. The predicted octanol–water partition coefficient (Wildman–Crippen LogP) is 3.58. The lowest BCUT2D eigenvalue weighted by Gasteiger charge is -2.11. The molecular weight excluding hydrogens is 368 g/mol. The van der Waals surface area contributed by atoms with Gasteiger partial charge in [-0.2, -0.15) is 0 Å². The molecular formula is C18H23BrN4O. The first-order chi connectivity index (χ1) is 11.5. The van der Waals surface area contributed by atoms with Gasteiger partial charge >= 0.3 is 0 Å². The van der Waals surface area contributed by atoms with E-state index in [0.717, 1.165) is 28.8 Å². The van der Waals surface area contributed by atoms with E-state index in [1.165, 1.54) is 5.56 Å². The van der Waals surface area contributed by atoms with Gasteiger partial charge in [-0.25, -0.2) is 0 Å². The fourth-order valence-electron chi connectivity index (χ4n) is 2.17. The van der Waals surface area contributed by atoms with Gasteiger partial charge in [-0.15, -0.1) is 0 Å². The smallest absolute Gasteiger partial charge is 0.252 e. The zero-order valence-corrected chi connectivity index (χ0v) is 15.9. The van der Waals surface area contributed by atoms with Crippen molar-refractivity contribution in [2.75, 3.05) is 32.5 Å². The fraction of sp³-hybridized carbons (Fsp3) is 0.333. The van der Waals surface area contributed by atoms with E-state index in [1.807, 2.05) is 45.3 Å². The summed E-state index contributed by atoms with van der Waals surface area (Å²) in [6.45, 7) is 3.64. The van der Waals surface area contributed by atoms with Gasteiger partial charge in [-0.1, -0.05) is 22.0 Å². The van der Waals surface area contributed by atoms with Crippen LogP contribution in [0.4, 0.5) is 11.4 Å². The van der Waals surface area contributed by atoms with Gasteiger partial charge in [0.15, 0.2) is 0 Å². The van der Waals surface area contributed by atoms with Gasteiger partial charge in [0, 0.05) is 22.9 Å². The van der Waals surface area contributed by atoms with Crippen molar-refractivity contribution < 1.29 is 4.79 Å². The summed E-state index contributed by atoms with van der Waals surface area (Å²) in [4.78, 5) is 18.4. The second-order valence-electron chi connectivity index (χ2n) is 5.96. The lowest BCUT2D eigenvalue weighted by atomic mass is 10.2. The molecule has 2 aromatic rings. The van der Waals surface area contributed by atoms with Crippen LogP contribution in [0.3, 0.4) is 0 Å². The maximum Gasteiger partial charge on any atom is 0.252 e. The lowest BCUT2D eigenvalue weighted by molar-refractivity contribution is 0.0952. The summed E-state index contributed by atoms with van der Waals surface area (Å²) in [5.74, 6) is -0.102. The normalized spacial score (nSPS) is 10.7. The Bertz CT molecular complexity index is 703. The first-order valence-electron chi connectivity index (χ1n) is 7.87. The number of rotatable bonds is 7. The molecule has 0 radical (unpaired) electrons. The van der Waals surface area contributed by atoms with Gasteiger partial charge in [-0.05, 0) is 57.7 Å². The number of hydrogen-bond donors (Lipinski definition) is 2. The topological polar surface area (TPSA) is 57.3 Å². The molecule has 128 valence electrons. The maximum absolute atomic E-state index is 12.2. The highest BCUT2D eigenvalue weighted by Crippen LogP contribution is 2.23. The van der Waals surface area contributed by atoms with Crippen molar-refractivity contribution in [1.82, 2.24) is 15.2 Å². The van der Waals surface area contributed by atoms with Crippen LogP contribution < -0.4 is 10.6 Å². The van der Waals surface area contributed by atoms with Crippen molar-refractivity contribution in [1.29, 1.82) is 0 Å². The standard InChI is InChI=1S/C18H23BrN4O/c1-13-5-6-15(10-17(13)19)22-16-9-14(11-20-12-16)18(24)21-7-4-8-23(2)3/h5-6,9-12,22H,4,7-8H2,1-3H3,(H,21,24). The van der Waals surface area contributed by atoms with Gasteiger partial charge in [-0.3, -0.25) is 9.78 Å². The molecule has 0 spiro atoms. The van der Waals surface area contributed by atoms with Crippen LogP contribution in [-0.2, 0) is 0 Å². The van der Waals surface area contributed by atoms with Crippen LogP contribution in [0.5, 0.6) is 0 Å². The molecule has 0 aliphatic rings. The van der Waals surface area contributed by atoms with E-state index in [0.29, 0.717) is 12.1 Å². The van der Waals surface area contributed by atoms with Gasteiger partial charge < -0.3 is 15.5 Å². The average Bonchev–Trinajstić information content (AvgIpc) is 2.55. The molecule has 0 aliphatic carbocycles. The van der Waals surface area contributed by atoms with E-state index in [1.54, 1.807) is 12.4 Å². The summed E-state index contributed by atoms with van der Waals surface area (Å²) in [5, 5.41) is 6.19.